The third-order valence-corrected chi connectivity index (χ3v) is 7.02. The lowest BCUT2D eigenvalue weighted by molar-refractivity contribution is 0.106. The lowest BCUT2D eigenvalue weighted by Crippen LogP contribution is -2.38. The van der Waals surface area contributed by atoms with Crippen LogP contribution >= 0.6 is 0 Å². The van der Waals surface area contributed by atoms with Gasteiger partial charge in [0.1, 0.15) is 24.2 Å². The molecule has 0 saturated carbocycles. The first kappa shape index (κ1) is 27.5. The zero-order valence-corrected chi connectivity index (χ0v) is 22.8. The van der Waals surface area contributed by atoms with Crippen LogP contribution in [0.1, 0.15) is 35.6 Å². The predicted molar refractivity (Wildman–Crippen MR) is 143 cm³/mol. The Balaban J connectivity index is 1.66. The van der Waals surface area contributed by atoms with Gasteiger partial charge < -0.3 is 29.3 Å². The van der Waals surface area contributed by atoms with Crippen LogP contribution in [0.15, 0.2) is 28.8 Å². The van der Waals surface area contributed by atoms with E-state index in [1.165, 1.54) is 7.11 Å². The molecule has 1 aliphatic heterocycles. The first-order valence-electron chi connectivity index (χ1n) is 13.0. The Morgan fingerprint density at radius 2 is 2.00 bits per heavy atom. The number of carbonyl (C=O) groups excluding carboxylic acids is 1. The van der Waals surface area contributed by atoms with Gasteiger partial charge in [-0.1, -0.05) is 17.3 Å². The number of nitrogens with zero attached hydrogens (tertiary/aromatic N) is 4. The normalized spacial score (nSPS) is 14.9. The van der Waals surface area contributed by atoms with Crippen molar-refractivity contribution in [1.82, 2.24) is 25.3 Å². The van der Waals surface area contributed by atoms with Crippen LogP contribution in [-0.4, -0.2) is 77.7 Å². The molecule has 38 heavy (non-hydrogen) atoms. The number of hydrogen-bond acceptors (Lipinski definition) is 9. The van der Waals surface area contributed by atoms with Crippen molar-refractivity contribution in [2.24, 2.45) is 5.92 Å². The number of nitrogens with one attached hydrogen (secondary N) is 1. The van der Waals surface area contributed by atoms with E-state index in [0.29, 0.717) is 42.9 Å². The molecule has 1 aliphatic rings. The van der Waals surface area contributed by atoms with Crippen molar-refractivity contribution in [2.45, 2.75) is 46.1 Å². The van der Waals surface area contributed by atoms with Crippen LogP contribution < -0.4 is 10.1 Å². The minimum atomic E-state index is -0.609. The standard InChI is InChI=1S/C28H37N5O5/c1-17-24(13-20-9-11-33(12-10-20)28(35)36-5)30-27(31-26(17)25-18(2)32-38-19(25)3)21-7-6-8-23(14-21)37-16-22(34)15-29-4/h6-8,14,20,22,29,34H,9-13,15-16H2,1-5H3/t22-/m0/s1. The lowest BCUT2D eigenvalue weighted by atomic mass is 9.90. The van der Waals surface area contributed by atoms with Gasteiger partial charge in [-0.3, -0.25) is 0 Å². The number of ether oxygens (including phenoxy) is 2. The number of carbonyl (C=O) groups is 1. The second-order valence-electron chi connectivity index (χ2n) is 9.82. The van der Waals surface area contributed by atoms with Crippen LogP contribution in [0.3, 0.4) is 0 Å². The molecular weight excluding hydrogens is 486 g/mol. The number of likely N-dealkylation sites (N-methyl/N-ethyl adjacent to an activating group) is 1. The number of aromatic nitrogens is 3. The molecule has 10 heteroatoms. The molecule has 1 saturated heterocycles. The molecule has 1 fully saturated rings. The molecule has 0 bridgehead atoms. The highest BCUT2D eigenvalue weighted by Gasteiger charge is 2.26. The van der Waals surface area contributed by atoms with Crippen molar-refractivity contribution in [1.29, 1.82) is 0 Å². The molecule has 3 aromatic rings. The third kappa shape index (κ3) is 6.31. The molecule has 1 atom stereocenters. The maximum absolute atomic E-state index is 11.9. The van der Waals surface area contributed by atoms with Gasteiger partial charge in [-0.15, -0.1) is 0 Å². The van der Waals surface area contributed by atoms with Gasteiger partial charge >= 0.3 is 6.09 Å². The van der Waals surface area contributed by atoms with E-state index in [4.69, 9.17) is 24.0 Å². The summed E-state index contributed by atoms with van der Waals surface area (Å²) in [5.41, 5.74) is 5.27. The molecule has 0 radical (unpaired) electrons. The SMILES string of the molecule is CNC[C@H](O)COc1cccc(-c2nc(CC3CCN(C(=O)OC)CC3)c(C)c(-c3c(C)noc3C)n2)c1. The quantitative estimate of drug-likeness (QED) is 0.432. The Hall–Kier alpha value is -3.50. The van der Waals surface area contributed by atoms with Crippen molar-refractivity contribution >= 4 is 6.09 Å². The number of methoxy groups -OCH3 is 1. The van der Waals surface area contributed by atoms with E-state index in [1.807, 2.05) is 45.0 Å². The fourth-order valence-corrected chi connectivity index (χ4v) is 4.89. The van der Waals surface area contributed by atoms with Crippen LogP contribution in [0.4, 0.5) is 4.79 Å². The summed E-state index contributed by atoms with van der Waals surface area (Å²) in [6.45, 7) is 7.83. The first-order valence-corrected chi connectivity index (χ1v) is 13.0. The topological polar surface area (TPSA) is 123 Å². The van der Waals surface area contributed by atoms with Crippen LogP contribution in [-0.2, 0) is 11.2 Å². The Kier molecular flexibility index (Phi) is 8.96. The Bertz CT molecular complexity index is 1230. The number of aliphatic hydroxyl groups excluding tert-OH is 1. The van der Waals surface area contributed by atoms with Gasteiger partial charge in [0.25, 0.3) is 0 Å². The molecule has 0 spiro atoms. The minimum absolute atomic E-state index is 0.179. The van der Waals surface area contributed by atoms with Gasteiger partial charge in [0.15, 0.2) is 5.82 Å². The van der Waals surface area contributed by atoms with E-state index < -0.39 is 6.10 Å². The van der Waals surface area contributed by atoms with Crippen molar-refractivity contribution in [3.8, 4) is 28.4 Å². The molecule has 2 N–H and O–H groups in total. The summed E-state index contributed by atoms with van der Waals surface area (Å²) in [4.78, 5) is 23.7. The number of likely N-dealkylation sites (tertiary alicyclic amines) is 1. The maximum Gasteiger partial charge on any atom is 0.409 e. The highest BCUT2D eigenvalue weighted by atomic mass is 16.5. The first-order chi connectivity index (χ1) is 18.3. The monoisotopic (exact) mass is 523 g/mol. The second-order valence-corrected chi connectivity index (χ2v) is 9.82. The number of aryl methyl sites for hydroxylation is 2. The van der Waals surface area contributed by atoms with Gasteiger partial charge in [-0.05, 0) is 70.7 Å². The summed E-state index contributed by atoms with van der Waals surface area (Å²) in [6, 6.07) is 7.61. The smallest absolute Gasteiger partial charge is 0.409 e. The zero-order valence-electron chi connectivity index (χ0n) is 22.8. The number of aliphatic hydroxyl groups is 1. The number of rotatable bonds is 9. The Labute approximate surface area is 223 Å². The minimum Gasteiger partial charge on any atom is -0.491 e. The van der Waals surface area contributed by atoms with E-state index in [2.05, 4.69) is 10.5 Å². The van der Waals surface area contributed by atoms with E-state index in [9.17, 15) is 9.90 Å². The molecule has 2 aromatic heterocycles. The fourth-order valence-electron chi connectivity index (χ4n) is 4.89. The fraction of sp³-hybridized carbons (Fsp3) is 0.500. The van der Waals surface area contributed by atoms with Gasteiger partial charge in [-0.2, -0.15) is 0 Å². The summed E-state index contributed by atoms with van der Waals surface area (Å²) in [6.07, 6.45) is 1.66. The zero-order chi connectivity index (χ0) is 27.2. The number of piperidine rings is 1. The van der Waals surface area contributed by atoms with E-state index in [-0.39, 0.29) is 12.7 Å². The predicted octanol–water partition coefficient (Wildman–Crippen LogP) is 3.70. The molecule has 0 aliphatic carbocycles. The molecule has 3 heterocycles. The molecule has 10 nitrogen and oxygen atoms in total. The van der Waals surface area contributed by atoms with E-state index in [0.717, 1.165) is 53.0 Å². The van der Waals surface area contributed by atoms with Crippen molar-refractivity contribution in [3.63, 3.8) is 0 Å². The highest BCUT2D eigenvalue weighted by Crippen LogP contribution is 2.33. The van der Waals surface area contributed by atoms with Crippen molar-refractivity contribution < 1.29 is 23.9 Å². The largest absolute Gasteiger partial charge is 0.491 e. The molecular formula is C28H37N5O5. The van der Waals surface area contributed by atoms with Gasteiger partial charge in [-0.25, -0.2) is 14.8 Å². The maximum atomic E-state index is 11.9. The lowest BCUT2D eigenvalue weighted by Gasteiger charge is -2.31. The molecule has 1 aromatic carbocycles. The van der Waals surface area contributed by atoms with Crippen molar-refractivity contribution in [3.05, 3.63) is 47.0 Å². The summed E-state index contributed by atoms with van der Waals surface area (Å²) in [5, 5.41) is 17.1. The number of hydrogen-bond donors (Lipinski definition) is 2. The van der Waals surface area contributed by atoms with Gasteiger partial charge in [0.05, 0.1) is 24.1 Å². The van der Waals surface area contributed by atoms with Gasteiger partial charge in [0.2, 0.25) is 0 Å². The average molecular weight is 524 g/mol. The average Bonchev–Trinajstić information content (AvgIpc) is 3.26. The third-order valence-electron chi connectivity index (χ3n) is 7.02. The molecule has 0 unspecified atom stereocenters. The van der Waals surface area contributed by atoms with Crippen molar-refractivity contribution in [2.75, 3.05) is 40.4 Å². The Morgan fingerprint density at radius 1 is 1.24 bits per heavy atom. The van der Waals surface area contributed by atoms with E-state index >= 15 is 0 Å². The van der Waals surface area contributed by atoms with E-state index in [1.54, 1.807) is 11.9 Å². The summed E-state index contributed by atoms with van der Waals surface area (Å²) in [7, 11) is 3.20. The van der Waals surface area contributed by atoms with Crippen LogP contribution in [0.5, 0.6) is 5.75 Å². The molecule has 1 amide bonds. The summed E-state index contributed by atoms with van der Waals surface area (Å²) >= 11 is 0. The molecule has 204 valence electrons. The summed E-state index contributed by atoms with van der Waals surface area (Å²) < 4.78 is 16.2. The van der Waals surface area contributed by atoms with Gasteiger partial charge in [0, 0.05) is 30.9 Å². The summed E-state index contributed by atoms with van der Waals surface area (Å²) in [5.74, 6) is 2.33. The second kappa shape index (κ2) is 12.4. The highest BCUT2D eigenvalue weighted by molar-refractivity contribution is 5.71. The van der Waals surface area contributed by atoms with Crippen LogP contribution in [0.25, 0.3) is 22.6 Å². The van der Waals surface area contributed by atoms with Crippen LogP contribution in [0.2, 0.25) is 0 Å². The molecule has 4 rings (SSSR count). The van der Waals surface area contributed by atoms with Crippen LogP contribution in [0, 0.1) is 26.7 Å². The Morgan fingerprint density at radius 3 is 2.66 bits per heavy atom. The number of amides is 1. The number of benzene rings is 1.